The molecule has 0 aliphatic rings. The van der Waals surface area contributed by atoms with Crippen molar-refractivity contribution >= 4 is 17.4 Å². The topological polar surface area (TPSA) is 54.0 Å². The molecule has 0 aliphatic carbocycles. The third kappa shape index (κ3) is 4.07. The van der Waals surface area contributed by atoms with Crippen LogP contribution in [0.5, 0.6) is 0 Å². The smallest absolute Gasteiger partial charge is 0.256 e. The molecule has 2 aromatic rings. The van der Waals surface area contributed by atoms with Crippen LogP contribution >= 0.6 is 0 Å². The highest BCUT2D eigenvalue weighted by molar-refractivity contribution is 6.00. The Hall–Kier alpha value is -2.94. The minimum atomic E-state index is -0.862. The molecule has 24 heavy (non-hydrogen) atoms. The molecule has 0 radical (unpaired) electrons. The zero-order valence-corrected chi connectivity index (χ0v) is 13.4. The van der Waals surface area contributed by atoms with Crippen molar-refractivity contribution in [3.05, 3.63) is 53.7 Å². The van der Waals surface area contributed by atoms with Gasteiger partial charge >= 0.3 is 0 Å². The average molecular weight is 329 g/mol. The van der Waals surface area contributed by atoms with Crippen LogP contribution in [-0.4, -0.2) is 16.4 Å². The normalized spacial score (nSPS) is 12.8. The Morgan fingerprint density at radius 2 is 2.08 bits per heavy atom. The number of halogens is 2. The molecule has 0 saturated heterocycles. The van der Waals surface area contributed by atoms with Crippen molar-refractivity contribution in [3.8, 4) is 12.3 Å². The summed E-state index contributed by atoms with van der Waals surface area (Å²) in [5.41, 5.74) is -0.493. The molecule has 1 unspecified atom stereocenters. The molecule has 2 rings (SSSR count). The highest BCUT2D eigenvalue weighted by Gasteiger charge is 2.24. The lowest BCUT2D eigenvalue weighted by Gasteiger charge is -2.24. The number of anilines is 2. The minimum Gasteiger partial charge on any atom is -0.339 e. The van der Waals surface area contributed by atoms with E-state index in [1.807, 2.05) is 6.92 Å². The molecule has 124 valence electrons. The van der Waals surface area contributed by atoms with Crippen molar-refractivity contribution in [2.24, 2.45) is 0 Å². The Morgan fingerprint density at radius 1 is 1.33 bits per heavy atom. The van der Waals surface area contributed by atoms with Crippen molar-refractivity contribution in [3.63, 3.8) is 0 Å². The summed E-state index contributed by atoms with van der Waals surface area (Å²) in [5, 5.41) is 5.49. The summed E-state index contributed by atoms with van der Waals surface area (Å²) in [4.78, 5) is 16.4. The number of hydrogen-bond acceptors (Lipinski definition) is 3. The van der Waals surface area contributed by atoms with Gasteiger partial charge in [0, 0.05) is 5.69 Å². The largest absolute Gasteiger partial charge is 0.339 e. The van der Waals surface area contributed by atoms with Gasteiger partial charge in [-0.2, -0.15) is 0 Å². The predicted molar refractivity (Wildman–Crippen MR) is 88.9 cm³/mol. The van der Waals surface area contributed by atoms with Gasteiger partial charge in [-0.3, -0.25) is 4.79 Å². The Labute approximate surface area is 139 Å². The highest BCUT2D eigenvalue weighted by atomic mass is 19.1. The molecule has 4 nitrogen and oxygen atoms in total. The molecule has 0 saturated carbocycles. The van der Waals surface area contributed by atoms with E-state index in [1.165, 1.54) is 18.2 Å². The van der Waals surface area contributed by atoms with E-state index < -0.39 is 23.1 Å². The van der Waals surface area contributed by atoms with Crippen LogP contribution in [0.15, 0.2) is 36.5 Å². The number of nitrogens with zero attached hydrogens (tertiary/aromatic N) is 1. The summed E-state index contributed by atoms with van der Waals surface area (Å²) >= 11 is 0. The number of pyridine rings is 1. The predicted octanol–water partition coefficient (Wildman–Crippen LogP) is 3.64. The van der Waals surface area contributed by atoms with Gasteiger partial charge in [-0.1, -0.05) is 18.9 Å². The maximum atomic E-state index is 13.5. The lowest BCUT2D eigenvalue weighted by Crippen LogP contribution is -2.44. The van der Waals surface area contributed by atoms with Gasteiger partial charge in [-0.25, -0.2) is 13.8 Å². The fourth-order valence-corrected chi connectivity index (χ4v) is 1.96. The maximum Gasteiger partial charge on any atom is 0.256 e. The van der Waals surface area contributed by atoms with Gasteiger partial charge < -0.3 is 10.6 Å². The molecule has 1 amide bonds. The summed E-state index contributed by atoms with van der Waals surface area (Å²) < 4.78 is 26.8. The number of carbonyl (C=O) groups excluding carboxylic acids is 1. The number of carbonyl (C=O) groups is 1. The second-order valence-corrected chi connectivity index (χ2v) is 5.47. The van der Waals surface area contributed by atoms with Gasteiger partial charge in [0.15, 0.2) is 0 Å². The Kier molecular flexibility index (Phi) is 5.14. The molecule has 0 bridgehead atoms. The van der Waals surface area contributed by atoms with Crippen molar-refractivity contribution in [1.82, 2.24) is 10.3 Å². The van der Waals surface area contributed by atoms with Crippen molar-refractivity contribution in [2.75, 3.05) is 5.32 Å². The van der Waals surface area contributed by atoms with Crippen LogP contribution in [-0.2, 0) is 0 Å². The zero-order valence-electron chi connectivity index (χ0n) is 13.4. The quantitative estimate of drug-likeness (QED) is 0.824. The number of rotatable bonds is 5. The Balaban J connectivity index is 2.34. The van der Waals surface area contributed by atoms with Crippen LogP contribution in [0.1, 0.15) is 30.6 Å². The van der Waals surface area contributed by atoms with E-state index in [0.29, 0.717) is 12.1 Å². The van der Waals surface area contributed by atoms with Crippen LogP contribution in [0.4, 0.5) is 20.3 Å². The van der Waals surface area contributed by atoms with Crippen LogP contribution in [0.2, 0.25) is 0 Å². The zero-order chi connectivity index (χ0) is 17.7. The summed E-state index contributed by atoms with van der Waals surface area (Å²) in [6.45, 7) is 3.52. The van der Waals surface area contributed by atoms with Crippen molar-refractivity contribution < 1.29 is 13.6 Å². The molecule has 2 N–H and O–H groups in total. The van der Waals surface area contributed by atoms with Crippen LogP contribution < -0.4 is 10.6 Å². The van der Waals surface area contributed by atoms with Gasteiger partial charge in [0.1, 0.15) is 17.5 Å². The molecule has 6 heteroatoms. The van der Waals surface area contributed by atoms with Gasteiger partial charge in [0.2, 0.25) is 0 Å². The van der Waals surface area contributed by atoms with Gasteiger partial charge in [-0.15, -0.1) is 6.42 Å². The van der Waals surface area contributed by atoms with Crippen LogP contribution in [0.25, 0.3) is 0 Å². The summed E-state index contributed by atoms with van der Waals surface area (Å²) in [6.07, 6.45) is 6.92. The fraction of sp³-hybridized carbons (Fsp3) is 0.222. The van der Waals surface area contributed by atoms with Gasteiger partial charge in [-0.05, 0) is 37.6 Å². The van der Waals surface area contributed by atoms with Crippen LogP contribution in [0, 0.1) is 24.0 Å². The molecule has 1 heterocycles. The Bertz CT molecular complexity index is 801. The first-order valence-electron chi connectivity index (χ1n) is 7.35. The van der Waals surface area contributed by atoms with E-state index in [4.69, 9.17) is 6.42 Å². The first kappa shape index (κ1) is 17.4. The van der Waals surface area contributed by atoms with Gasteiger partial charge in [0.05, 0.1) is 17.3 Å². The van der Waals surface area contributed by atoms with E-state index in [2.05, 4.69) is 21.5 Å². The fourth-order valence-electron chi connectivity index (χ4n) is 1.96. The van der Waals surface area contributed by atoms with E-state index in [1.54, 1.807) is 13.0 Å². The molecule has 0 spiro atoms. The number of aromatic nitrogens is 1. The second kappa shape index (κ2) is 7.09. The number of nitrogens with one attached hydrogen (secondary N) is 2. The third-order valence-corrected chi connectivity index (χ3v) is 3.60. The Morgan fingerprint density at radius 3 is 2.71 bits per heavy atom. The molecular weight excluding hydrogens is 312 g/mol. The first-order valence-corrected chi connectivity index (χ1v) is 7.35. The molecule has 0 fully saturated rings. The first-order chi connectivity index (χ1) is 11.4. The lowest BCUT2D eigenvalue weighted by atomic mass is 9.99. The van der Waals surface area contributed by atoms with Crippen molar-refractivity contribution in [2.45, 2.75) is 25.8 Å². The average Bonchev–Trinajstić information content (AvgIpc) is 2.56. The molecular formula is C18H17F2N3O. The third-order valence-electron chi connectivity index (χ3n) is 3.60. The molecule has 1 atom stereocenters. The highest BCUT2D eigenvalue weighted by Crippen LogP contribution is 2.21. The molecule has 0 aliphatic heterocycles. The van der Waals surface area contributed by atoms with Gasteiger partial charge in [0.25, 0.3) is 5.91 Å². The van der Waals surface area contributed by atoms with E-state index in [9.17, 15) is 13.6 Å². The van der Waals surface area contributed by atoms with Crippen LogP contribution in [0.3, 0.4) is 0 Å². The van der Waals surface area contributed by atoms with E-state index in [-0.39, 0.29) is 11.4 Å². The minimum absolute atomic E-state index is 0.0193. The maximum absolute atomic E-state index is 13.5. The SMILES string of the molecule is C#CC(C)(CC)NC(=O)c1cc(F)cnc1Nc1cccc(F)c1. The molecule has 1 aromatic carbocycles. The van der Waals surface area contributed by atoms with E-state index in [0.717, 1.165) is 12.3 Å². The summed E-state index contributed by atoms with van der Waals surface area (Å²) in [7, 11) is 0. The molecule has 1 aromatic heterocycles. The van der Waals surface area contributed by atoms with E-state index >= 15 is 0 Å². The summed E-state index contributed by atoms with van der Waals surface area (Å²) in [5.74, 6) is 0.935. The number of amides is 1. The van der Waals surface area contributed by atoms with Crippen molar-refractivity contribution in [1.29, 1.82) is 0 Å². The second-order valence-electron chi connectivity index (χ2n) is 5.47. The lowest BCUT2D eigenvalue weighted by molar-refractivity contribution is 0.0924. The number of hydrogen-bond donors (Lipinski definition) is 2. The standard InChI is InChI=1S/C18H17F2N3O/c1-4-18(3,5-2)23-17(24)15-10-13(20)11-21-16(15)22-14-8-6-7-12(19)9-14/h1,6-11H,5H2,2-3H3,(H,21,22)(H,23,24). The number of terminal acetylenes is 1. The monoisotopic (exact) mass is 329 g/mol. The summed E-state index contributed by atoms with van der Waals surface area (Å²) in [6, 6.07) is 6.69. The number of benzene rings is 1.